The van der Waals surface area contributed by atoms with Crippen LogP contribution in [-0.4, -0.2) is 43.5 Å². The fourth-order valence-electron chi connectivity index (χ4n) is 2.82. The van der Waals surface area contributed by atoms with Gasteiger partial charge >= 0.3 is 0 Å². The fraction of sp³-hybridized carbons (Fsp3) is 0.533. The number of rotatable bonds is 3. The normalized spacial score (nSPS) is 20.8. The molecule has 1 heterocycles. The minimum absolute atomic E-state index is 0.0990. The summed E-state index contributed by atoms with van der Waals surface area (Å²) in [6.45, 7) is 4.99. The highest BCUT2D eigenvalue weighted by atomic mass is 19.1. The average molecular weight is 278 g/mol. The van der Waals surface area contributed by atoms with Crippen molar-refractivity contribution in [1.29, 1.82) is 5.41 Å². The Kier molecular flexibility index (Phi) is 4.60. The van der Waals surface area contributed by atoms with Crippen molar-refractivity contribution in [2.45, 2.75) is 25.8 Å². The summed E-state index contributed by atoms with van der Waals surface area (Å²) >= 11 is 0. The summed E-state index contributed by atoms with van der Waals surface area (Å²) in [6, 6.07) is 5.15. The van der Waals surface area contributed by atoms with Crippen molar-refractivity contribution in [2.24, 2.45) is 5.73 Å². The lowest BCUT2D eigenvalue weighted by atomic mass is 10.1. The summed E-state index contributed by atoms with van der Waals surface area (Å²) < 4.78 is 14.3. The van der Waals surface area contributed by atoms with E-state index >= 15 is 0 Å². The second-order valence-electron chi connectivity index (χ2n) is 5.45. The molecular formula is C15H23FN4. The number of hydrogen-bond acceptors (Lipinski definition) is 3. The molecule has 0 spiro atoms. The highest BCUT2D eigenvalue weighted by Crippen LogP contribution is 2.25. The third-order valence-electron chi connectivity index (χ3n) is 3.94. The van der Waals surface area contributed by atoms with E-state index in [0.717, 1.165) is 32.5 Å². The molecule has 20 heavy (non-hydrogen) atoms. The molecule has 1 saturated heterocycles. The van der Waals surface area contributed by atoms with Crippen molar-refractivity contribution in [3.8, 4) is 0 Å². The summed E-state index contributed by atoms with van der Waals surface area (Å²) in [5, 5.41) is 7.38. The molecular weight excluding hydrogens is 255 g/mol. The minimum Gasteiger partial charge on any atom is -0.384 e. The minimum atomic E-state index is -0.291. The highest BCUT2D eigenvalue weighted by Gasteiger charge is 2.24. The summed E-state index contributed by atoms with van der Waals surface area (Å²) in [7, 11) is 2.11. The number of hydrogen-bond donors (Lipinski definition) is 2. The van der Waals surface area contributed by atoms with Crippen LogP contribution in [-0.2, 0) is 0 Å². The Morgan fingerprint density at radius 2 is 2.20 bits per heavy atom. The molecule has 0 aliphatic carbocycles. The average Bonchev–Trinajstić information content (AvgIpc) is 2.60. The van der Waals surface area contributed by atoms with Crippen LogP contribution >= 0.6 is 0 Å². The number of halogens is 1. The first-order valence-corrected chi connectivity index (χ1v) is 7.12. The predicted octanol–water partition coefficient (Wildman–Crippen LogP) is 2.03. The second-order valence-corrected chi connectivity index (χ2v) is 5.45. The Balaban J connectivity index is 2.30. The maximum Gasteiger partial charge on any atom is 0.147 e. The van der Waals surface area contributed by atoms with E-state index in [1.807, 2.05) is 0 Å². The van der Waals surface area contributed by atoms with Crippen molar-refractivity contribution in [3.63, 3.8) is 0 Å². The van der Waals surface area contributed by atoms with Crippen LogP contribution in [0, 0.1) is 11.2 Å². The number of amidine groups is 1. The number of nitrogens with one attached hydrogen (secondary N) is 1. The molecule has 1 unspecified atom stereocenters. The van der Waals surface area contributed by atoms with E-state index in [1.54, 1.807) is 12.1 Å². The summed E-state index contributed by atoms with van der Waals surface area (Å²) in [5.74, 6) is -0.390. The van der Waals surface area contributed by atoms with Crippen molar-refractivity contribution >= 4 is 11.5 Å². The van der Waals surface area contributed by atoms with Crippen LogP contribution < -0.4 is 10.6 Å². The van der Waals surface area contributed by atoms with Gasteiger partial charge in [-0.1, -0.05) is 6.92 Å². The molecule has 4 nitrogen and oxygen atoms in total. The van der Waals surface area contributed by atoms with E-state index in [4.69, 9.17) is 11.1 Å². The Labute approximate surface area is 119 Å². The zero-order valence-corrected chi connectivity index (χ0v) is 12.2. The van der Waals surface area contributed by atoms with Crippen LogP contribution in [0.3, 0.4) is 0 Å². The number of nitrogen functional groups attached to an aromatic ring is 1. The van der Waals surface area contributed by atoms with Gasteiger partial charge in [-0.05, 0) is 44.6 Å². The molecule has 0 radical (unpaired) electrons. The van der Waals surface area contributed by atoms with E-state index in [2.05, 4.69) is 23.8 Å². The summed E-state index contributed by atoms with van der Waals surface area (Å²) in [4.78, 5) is 4.46. The number of nitrogens with two attached hydrogens (primary N) is 1. The highest BCUT2D eigenvalue weighted by molar-refractivity contribution is 5.95. The van der Waals surface area contributed by atoms with Crippen LogP contribution in [0.4, 0.5) is 10.1 Å². The standard InChI is InChI=1S/C15H23FN4/c1-3-12-10-19(2)7-4-8-20(12)14-6-5-11(15(17)18)9-13(14)16/h5-6,9,12H,3-4,7-8,10H2,1-2H3,(H3,17,18). The first-order valence-electron chi connectivity index (χ1n) is 7.12. The largest absolute Gasteiger partial charge is 0.384 e. The number of nitrogens with zero attached hydrogens (tertiary/aromatic N) is 2. The van der Waals surface area contributed by atoms with Gasteiger partial charge in [0.1, 0.15) is 11.7 Å². The third-order valence-corrected chi connectivity index (χ3v) is 3.94. The quantitative estimate of drug-likeness (QED) is 0.657. The Hall–Kier alpha value is -1.62. The second kappa shape index (κ2) is 6.22. The van der Waals surface area contributed by atoms with E-state index in [0.29, 0.717) is 17.3 Å². The Morgan fingerprint density at radius 1 is 1.45 bits per heavy atom. The lowest BCUT2D eigenvalue weighted by Crippen LogP contribution is -2.40. The van der Waals surface area contributed by atoms with Gasteiger partial charge in [-0.2, -0.15) is 0 Å². The molecule has 3 N–H and O–H groups in total. The molecule has 0 bridgehead atoms. The number of benzene rings is 1. The van der Waals surface area contributed by atoms with E-state index < -0.39 is 0 Å². The molecule has 1 aromatic rings. The van der Waals surface area contributed by atoms with Crippen LogP contribution in [0.25, 0.3) is 0 Å². The van der Waals surface area contributed by atoms with Crippen molar-refractivity contribution in [3.05, 3.63) is 29.6 Å². The molecule has 1 atom stereocenters. The Bertz CT molecular complexity index is 489. The van der Waals surface area contributed by atoms with Gasteiger partial charge in [-0.15, -0.1) is 0 Å². The molecule has 2 rings (SSSR count). The van der Waals surface area contributed by atoms with E-state index in [9.17, 15) is 4.39 Å². The molecule has 1 fully saturated rings. The van der Waals surface area contributed by atoms with Crippen LogP contribution in [0.5, 0.6) is 0 Å². The first-order chi connectivity index (χ1) is 9.52. The van der Waals surface area contributed by atoms with Gasteiger partial charge < -0.3 is 15.5 Å². The summed E-state index contributed by atoms with van der Waals surface area (Å²) in [5.41, 5.74) is 6.46. The van der Waals surface area contributed by atoms with E-state index in [1.165, 1.54) is 6.07 Å². The molecule has 1 aliphatic rings. The van der Waals surface area contributed by atoms with E-state index in [-0.39, 0.29) is 11.7 Å². The topological polar surface area (TPSA) is 56.4 Å². The van der Waals surface area contributed by atoms with Gasteiger partial charge in [0.05, 0.1) is 5.69 Å². The molecule has 5 heteroatoms. The van der Waals surface area contributed by atoms with Crippen molar-refractivity contribution in [1.82, 2.24) is 4.90 Å². The van der Waals surface area contributed by atoms with Gasteiger partial charge in [0, 0.05) is 24.7 Å². The van der Waals surface area contributed by atoms with Gasteiger partial charge in [0.25, 0.3) is 0 Å². The maximum atomic E-state index is 14.3. The lowest BCUT2D eigenvalue weighted by Gasteiger charge is -2.32. The zero-order valence-electron chi connectivity index (χ0n) is 12.2. The monoisotopic (exact) mass is 278 g/mol. The van der Waals surface area contributed by atoms with Crippen molar-refractivity contribution in [2.75, 3.05) is 31.6 Å². The SMILES string of the molecule is CCC1CN(C)CCCN1c1ccc(C(=N)N)cc1F. The number of likely N-dealkylation sites (N-methyl/N-ethyl adjacent to an activating group) is 1. The molecule has 0 aromatic heterocycles. The van der Waals surface area contributed by atoms with Gasteiger partial charge in [0.15, 0.2) is 0 Å². The fourth-order valence-corrected chi connectivity index (χ4v) is 2.82. The molecule has 0 amide bonds. The third kappa shape index (κ3) is 3.10. The Morgan fingerprint density at radius 3 is 2.80 bits per heavy atom. The van der Waals surface area contributed by atoms with Crippen LogP contribution in [0.1, 0.15) is 25.3 Å². The zero-order chi connectivity index (χ0) is 14.7. The molecule has 110 valence electrons. The molecule has 0 saturated carbocycles. The van der Waals surface area contributed by atoms with Crippen LogP contribution in [0.2, 0.25) is 0 Å². The van der Waals surface area contributed by atoms with Gasteiger partial charge in [0.2, 0.25) is 0 Å². The number of anilines is 1. The van der Waals surface area contributed by atoms with Gasteiger partial charge in [-0.25, -0.2) is 4.39 Å². The maximum absolute atomic E-state index is 14.3. The lowest BCUT2D eigenvalue weighted by molar-refractivity contribution is 0.327. The van der Waals surface area contributed by atoms with Crippen molar-refractivity contribution < 1.29 is 4.39 Å². The predicted molar refractivity (Wildman–Crippen MR) is 81.0 cm³/mol. The first kappa shape index (κ1) is 14.8. The summed E-state index contributed by atoms with van der Waals surface area (Å²) in [6.07, 6.45) is 2.01. The van der Waals surface area contributed by atoms with Crippen LogP contribution in [0.15, 0.2) is 18.2 Å². The molecule has 1 aromatic carbocycles. The smallest absolute Gasteiger partial charge is 0.147 e. The van der Waals surface area contributed by atoms with Gasteiger partial charge in [-0.3, -0.25) is 5.41 Å². The molecule has 1 aliphatic heterocycles.